The predicted octanol–water partition coefficient (Wildman–Crippen LogP) is 13.0. The quantitative estimate of drug-likeness (QED) is 0.0686. The normalized spacial score (nSPS) is 25.5. The van der Waals surface area contributed by atoms with Crippen LogP contribution in [0.25, 0.3) is 0 Å². The lowest BCUT2D eigenvalue weighted by Crippen LogP contribution is -2.52. The summed E-state index contributed by atoms with van der Waals surface area (Å²) in [6.45, 7) is 27.0. The first-order valence-electron chi connectivity index (χ1n) is 22.5. The van der Waals surface area contributed by atoms with Gasteiger partial charge in [-0.1, -0.05) is 188 Å². The first kappa shape index (κ1) is 53.6. The smallest absolute Gasteiger partial charge is 0.184 e. The molecule has 346 valence electrons. The highest BCUT2D eigenvalue weighted by atomic mass is 28.3. The Morgan fingerprint density at radius 3 is 1.25 bits per heavy atom. The Hall–Kier alpha value is -3.70. The molecule has 0 amide bonds. The van der Waals surface area contributed by atoms with Gasteiger partial charge in [0.25, 0.3) is 0 Å². The molecule has 2 aliphatic rings. The monoisotopic (exact) mass is 881 g/mol. The van der Waals surface area contributed by atoms with Crippen LogP contribution >= 0.6 is 0 Å². The van der Waals surface area contributed by atoms with E-state index in [4.69, 9.17) is 33.2 Å². The van der Waals surface area contributed by atoms with Crippen molar-refractivity contribution in [2.75, 3.05) is 20.3 Å². The van der Waals surface area contributed by atoms with Crippen LogP contribution in [0.3, 0.4) is 0 Å². The number of benzene rings is 4. The summed E-state index contributed by atoms with van der Waals surface area (Å²) < 4.78 is 42.6. The van der Waals surface area contributed by atoms with Crippen molar-refractivity contribution < 1.29 is 33.2 Å². The number of allylic oxidation sites excluding steroid dienone is 1. The molecule has 63 heavy (non-hydrogen) atoms. The molecule has 0 aliphatic carbocycles. The van der Waals surface area contributed by atoms with Crippen LogP contribution in [-0.4, -0.2) is 65.2 Å². The summed E-state index contributed by atoms with van der Waals surface area (Å²) in [5, 5.41) is 0. The minimum absolute atomic E-state index is 0. The number of rotatable bonds is 19. The number of hydrogen-bond acceptors (Lipinski definition) is 7. The highest BCUT2D eigenvalue weighted by Crippen LogP contribution is 2.36. The van der Waals surface area contributed by atoms with Gasteiger partial charge in [0, 0.05) is 15.2 Å². The zero-order valence-corrected chi connectivity index (χ0v) is 39.9. The van der Waals surface area contributed by atoms with Crippen LogP contribution in [0.5, 0.6) is 0 Å². The van der Waals surface area contributed by atoms with Gasteiger partial charge < -0.3 is 33.2 Å². The zero-order valence-electron chi connectivity index (χ0n) is 38.9. The van der Waals surface area contributed by atoms with Gasteiger partial charge in [-0.15, -0.1) is 13.2 Å². The molecule has 4 aromatic carbocycles. The Balaban J connectivity index is 0.000000288. The summed E-state index contributed by atoms with van der Waals surface area (Å²) in [6.07, 6.45) is 4.37. The van der Waals surface area contributed by atoms with Gasteiger partial charge in [-0.2, -0.15) is 0 Å². The van der Waals surface area contributed by atoms with Gasteiger partial charge in [-0.3, -0.25) is 0 Å². The molecule has 10 atom stereocenters. The third kappa shape index (κ3) is 18.7. The maximum atomic E-state index is 6.43. The maximum absolute atomic E-state index is 6.43. The second-order valence-corrected chi connectivity index (χ2v) is 23.6. The highest BCUT2D eigenvalue weighted by molar-refractivity contribution is 6.76. The Bertz CT molecular complexity index is 1760. The van der Waals surface area contributed by atoms with E-state index in [9.17, 15) is 0 Å². The van der Waals surface area contributed by atoms with Crippen molar-refractivity contribution in [1.29, 1.82) is 0 Å². The first-order chi connectivity index (χ1) is 29.9. The lowest BCUT2D eigenvalue weighted by molar-refractivity contribution is -0.281. The minimum atomic E-state index is -0.775. The van der Waals surface area contributed by atoms with E-state index in [2.05, 4.69) is 109 Å². The molecule has 0 radical (unpaired) electrons. The molecule has 7 nitrogen and oxygen atoms in total. The standard InChI is InChI=1S/C25H32O3.C23H30O4.C6H14Si.CH4/c1-4-11-23-25(27-17-22-14-9-6-10-15-22)20(3)19(2)24(28-23)18-26-16-21-12-7-5-8-13-21;1-17-18(2)22(26-15-20-12-8-5-9-13-20)23(24-3)27-21(17)16-25-14-19-10-6-4-7-11-19;1-5-6-7(2,3)4;/h4-10,12-15,19-20,23-25H,1,11,16-18H2,2-3H3;4-13,17-18,21-23H,14-16H2,1-3H3;5H,1,6H2,2-4H3;1H4/t19-,20-,23+,24?,25?;17-,18-,21?,22?,23-;;/m00../s1. The van der Waals surface area contributed by atoms with Crippen molar-refractivity contribution in [3.8, 4) is 0 Å². The lowest BCUT2D eigenvalue weighted by Gasteiger charge is -2.44. The van der Waals surface area contributed by atoms with Crippen LogP contribution in [0.2, 0.25) is 25.7 Å². The van der Waals surface area contributed by atoms with Crippen molar-refractivity contribution in [2.45, 2.75) is 130 Å². The van der Waals surface area contributed by atoms with Crippen LogP contribution in [0, 0.1) is 23.7 Å². The molecule has 4 aromatic rings. The summed E-state index contributed by atoms with van der Waals surface area (Å²) in [7, 11) is 0.899. The average molecular weight is 881 g/mol. The summed E-state index contributed by atoms with van der Waals surface area (Å²) in [5.41, 5.74) is 4.70. The zero-order chi connectivity index (χ0) is 44.7. The third-order valence-corrected chi connectivity index (χ3v) is 13.4. The summed E-state index contributed by atoms with van der Waals surface area (Å²) in [6, 6.07) is 42.2. The highest BCUT2D eigenvalue weighted by Gasteiger charge is 2.43. The molecule has 0 spiro atoms. The maximum Gasteiger partial charge on any atom is 0.184 e. The SMILES string of the molecule is C.C=CC[C@H]1OC(COCc2ccccc2)[C@@H](C)[C@H](C)C1OCc1ccccc1.C=CC[Si](C)(C)C.CO[C@H]1OC(COCc2ccccc2)[C@@H](C)[C@H](C)C1OCc1ccccc1. The molecule has 4 unspecified atom stereocenters. The second kappa shape index (κ2) is 29.0. The van der Waals surface area contributed by atoms with E-state index in [0.717, 1.165) is 12.0 Å². The van der Waals surface area contributed by atoms with E-state index in [1.807, 2.05) is 84.9 Å². The molecule has 6 rings (SSSR count). The Kier molecular flexibility index (Phi) is 24.7. The van der Waals surface area contributed by atoms with Gasteiger partial charge in [0.2, 0.25) is 0 Å². The fourth-order valence-corrected chi connectivity index (χ4v) is 8.64. The van der Waals surface area contributed by atoms with Crippen molar-refractivity contribution in [3.05, 3.63) is 169 Å². The number of hydrogen-bond donors (Lipinski definition) is 0. The Morgan fingerprint density at radius 1 is 0.508 bits per heavy atom. The van der Waals surface area contributed by atoms with Crippen LogP contribution in [0.15, 0.2) is 147 Å². The lowest BCUT2D eigenvalue weighted by atomic mass is 9.80. The fourth-order valence-electron chi connectivity index (χ4n) is 7.78. The molecule has 2 saturated heterocycles. The number of methoxy groups -OCH3 is 1. The van der Waals surface area contributed by atoms with Gasteiger partial charge in [-0.25, -0.2) is 0 Å². The largest absolute Gasteiger partial charge is 0.374 e. The van der Waals surface area contributed by atoms with Crippen molar-refractivity contribution in [2.24, 2.45) is 23.7 Å². The van der Waals surface area contributed by atoms with E-state index < -0.39 is 8.07 Å². The molecular weight excluding hydrogens is 801 g/mol. The summed E-state index contributed by atoms with van der Waals surface area (Å²) >= 11 is 0. The second-order valence-electron chi connectivity index (χ2n) is 18.0. The number of ether oxygens (including phenoxy) is 7. The van der Waals surface area contributed by atoms with E-state index in [1.54, 1.807) is 7.11 Å². The molecule has 2 heterocycles. The Morgan fingerprint density at radius 2 is 0.889 bits per heavy atom. The van der Waals surface area contributed by atoms with Crippen molar-refractivity contribution >= 4 is 8.07 Å². The van der Waals surface area contributed by atoms with Gasteiger partial charge in [-0.05, 0) is 58.4 Å². The van der Waals surface area contributed by atoms with Gasteiger partial charge in [0.15, 0.2) is 6.29 Å². The summed E-state index contributed by atoms with van der Waals surface area (Å²) in [4.78, 5) is 0. The van der Waals surface area contributed by atoms with Crippen LogP contribution in [0.4, 0.5) is 0 Å². The third-order valence-electron chi connectivity index (χ3n) is 11.9. The Labute approximate surface area is 383 Å². The molecule has 0 aromatic heterocycles. The minimum Gasteiger partial charge on any atom is -0.374 e. The van der Waals surface area contributed by atoms with Crippen LogP contribution < -0.4 is 0 Å². The van der Waals surface area contributed by atoms with E-state index in [-0.39, 0.29) is 44.2 Å². The van der Waals surface area contributed by atoms with Crippen molar-refractivity contribution in [1.82, 2.24) is 0 Å². The van der Waals surface area contributed by atoms with Gasteiger partial charge >= 0.3 is 0 Å². The topological polar surface area (TPSA) is 64.6 Å². The molecular formula is C55H80O7Si. The van der Waals surface area contributed by atoms with E-state index >= 15 is 0 Å². The van der Waals surface area contributed by atoms with Crippen LogP contribution in [0.1, 0.15) is 63.8 Å². The fraction of sp³-hybridized carbons (Fsp3) is 0.491. The van der Waals surface area contributed by atoms with E-state index in [1.165, 1.54) is 22.7 Å². The summed E-state index contributed by atoms with van der Waals surface area (Å²) in [5.74, 6) is 1.36. The molecule has 8 heteroatoms. The first-order valence-corrected chi connectivity index (χ1v) is 26.2. The van der Waals surface area contributed by atoms with Crippen molar-refractivity contribution in [3.63, 3.8) is 0 Å². The van der Waals surface area contributed by atoms with E-state index in [0.29, 0.717) is 63.3 Å². The molecule has 0 N–H and O–H groups in total. The van der Waals surface area contributed by atoms with Crippen LogP contribution in [-0.2, 0) is 59.6 Å². The van der Waals surface area contributed by atoms with Gasteiger partial charge in [0.1, 0.15) is 6.10 Å². The average Bonchev–Trinajstić information content (AvgIpc) is 3.28. The molecule has 2 aliphatic heterocycles. The predicted molar refractivity (Wildman–Crippen MR) is 263 cm³/mol. The molecule has 2 fully saturated rings. The molecule has 0 bridgehead atoms. The van der Waals surface area contributed by atoms with Gasteiger partial charge in [0.05, 0.1) is 64.1 Å². The molecule has 0 saturated carbocycles.